The van der Waals surface area contributed by atoms with Crippen LogP contribution in [0.25, 0.3) is 11.3 Å². The highest BCUT2D eigenvalue weighted by molar-refractivity contribution is 7.09. The maximum atomic E-state index is 12.9. The molecule has 1 aliphatic carbocycles. The Hall–Kier alpha value is -2.81. The van der Waals surface area contributed by atoms with Crippen LogP contribution in [0, 0.1) is 12.8 Å². The zero-order valence-corrected chi connectivity index (χ0v) is 18.4. The fraction of sp³-hybridized carbons (Fsp3) is 0.391. The van der Waals surface area contributed by atoms with Crippen LogP contribution in [0.1, 0.15) is 52.7 Å². The molecule has 2 heterocycles. The van der Waals surface area contributed by atoms with Gasteiger partial charge in [-0.3, -0.25) is 4.79 Å². The molecule has 1 saturated carbocycles. The summed E-state index contributed by atoms with van der Waals surface area (Å²) >= 11 is 1.70. The van der Waals surface area contributed by atoms with Crippen molar-refractivity contribution in [2.45, 2.75) is 44.9 Å². The van der Waals surface area contributed by atoms with E-state index in [0.717, 1.165) is 31.4 Å². The molecule has 170 valence electrons. The summed E-state index contributed by atoms with van der Waals surface area (Å²) in [7, 11) is 0. The molecule has 2 N–H and O–H groups in total. The quantitative estimate of drug-likeness (QED) is 0.468. The first kappa shape index (κ1) is 22.4. The molecular formula is C23H24F3N3O2S. The lowest BCUT2D eigenvalue weighted by molar-refractivity contribution is -0.274. The van der Waals surface area contributed by atoms with Crippen molar-refractivity contribution in [3.05, 3.63) is 58.2 Å². The third kappa shape index (κ3) is 5.51. The monoisotopic (exact) mass is 463 g/mol. The van der Waals surface area contributed by atoms with E-state index in [-0.39, 0.29) is 11.7 Å². The summed E-state index contributed by atoms with van der Waals surface area (Å²) in [6.45, 7) is 2.44. The molecular weight excluding hydrogens is 439 g/mol. The second-order valence-electron chi connectivity index (χ2n) is 8.11. The summed E-state index contributed by atoms with van der Waals surface area (Å²) < 4.78 is 41.1. The van der Waals surface area contributed by atoms with Gasteiger partial charge in [0.2, 0.25) is 0 Å². The molecule has 32 heavy (non-hydrogen) atoms. The molecule has 0 unspecified atom stereocenters. The number of H-pyrrole nitrogens is 1. The fourth-order valence-corrected chi connectivity index (χ4v) is 5.01. The topological polar surface area (TPSA) is 67.0 Å². The molecule has 0 radical (unpaired) electrons. The lowest BCUT2D eigenvalue weighted by Gasteiger charge is -2.27. The molecule has 9 heteroatoms. The Morgan fingerprint density at radius 1 is 1.22 bits per heavy atom. The predicted octanol–water partition coefficient (Wildman–Crippen LogP) is 6.05. The van der Waals surface area contributed by atoms with E-state index >= 15 is 0 Å². The van der Waals surface area contributed by atoms with Gasteiger partial charge in [0.1, 0.15) is 5.75 Å². The number of nitrogens with zero attached hydrogens (tertiary/aromatic N) is 1. The summed E-state index contributed by atoms with van der Waals surface area (Å²) in [4.78, 5) is 20.5. The van der Waals surface area contributed by atoms with Gasteiger partial charge in [-0.2, -0.15) is 0 Å². The highest BCUT2D eigenvalue weighted by atomic mass is 32.1. The number of halogens is 3. The Balaban J connectivity index is 1.37. The summed E-state index contributed by atoms with van der Waals surface area (Å²) in [6, 6.07) is 7.24. The normalized spacial score (nSPS) is 19.0. The average molecular weight is 464 g/mol. The van der Waals surface area contributed by atoms with Gasteiger partial charge in [-0.15, -0.1) is 24.5 Å². The summed E-state index contributed by atoms with van der Waals surface area (Å²) in [5, 5.41) is 6.25. The van der Waals surface area contributed by atoms with Crippen LogP contribution in [0.15, 0.2) is 41.9 Å². The van der Waals surface area contributed by atoms with Crippen molar-refractivity contribution in [1.29, 1.82) is 0 Å². The fourth-order valence-electron chi connectivity index (χ4n) is 4.20. The number of thiazole rings is 1. The lowest BCUT2D eigenvalue weighted by Crippen LogP contribution is -2.31. The van der Waals surface area contributed by atoms with Crippen LogP contribution >= 0.6 is 11.3 Å². The highest BCUT2D eigenvalue weighted by Crippen LogP contribution is 2.36. The Labute approximate surface area is 188 Å². The summed E-state index contributed by atoms with van der Waals surface area (Å²) in [6.07, 6.45) is 1.35. The van der Waals surface area contributed by atoms with Crippen LogP contribution < -0.4 is 10.1 Å². The number of benzene rings is 1. The first-order valence-electron chi connectivity index (χ1n) is 10.5. The smallest absolute Gasteiger partial charge is 0.406 e. The minimum absolute atomic E-state index is 0.193. The van der Waals surface area contributed by atoms with Crippen LogP contribution in [0.5, 0.6) is 5.75 Å². The minimum Gasteiger partial charge on any atom is -0.406 e. The van der Waals surface area contributed by atoms with E-state index in [1.165, 1.54) is 29.3 Å². The molecule has 3 aromatic rings. The van der Waals surface area contributed by atoms with Crippen molar-refractivity contribution < 1.29 is 22.7 Å². The highest BCUT2D eigenvalue weighted by Gasteiger charge is 2.31. The lowest BCUT2D eigenvalue weighted by atomic mass is 9.82. The van der Waals surface area contributed by atoms with Crippen molar-refractivity contribution in [3.63, 3.8) is 0 Å². The Morgan fingerprint density at radius 2 is 1.94 bits per heavy atom. The third-order valence-corrected chi connectivity index (χ3v) is 6.71. The molecule has 0 atom stereocenters. The number of hydrogen-bond donors (Lipinski definition) is 2. The number of aromatic nitrogens is 2. The standard InChI is InChI=1S/C23H24F3N3O2S/c1-14-12-19(20(29-14)16-6-8-18(9-7-16)31-23(24,25)26)21(30)28-13-15-2-4-17(5-3-15)22-27-10-11-32-22/h6-12,15,17,29H,2-5,13H2,1H3,(H,28,30). The van der Waals surface area contributed by atoms with Crippen LogP contribution in [-0.2, 0) is 0 Å². The van der Waals surface area contributed by atoms with Gasteiger partial charge in [0.15, 0.2) is 0 Å². The van der Waals surface area contributed by atoms with Crippen molar-refractivity contribution >= 4 is 17.2 Å². The molecule has 1 aromatic carbocycles. The maximum absolute atomic E-state index is 12.9. The Kier molecular flexibility index (Phi) is 6.55. The number of nitrogens with one attached hydrogen (secondary N) is 2. The average Bonchev–Trinajstić information content (AvgIpc) is 3.42. The van der Waals surface area contributed by atoms with Crippen LogP contribution in [0.3, 0.4) is 0 Å². The van der Waals surface area contributed by atoms with Gasteiger partial charge in [0.05, 0.1) is 16.3 Å². The second-order valence-corrected chi connectivity index (χ2v) is 9.04. The molecule has 0 aliphatic heterocycles. The van der Waals surface area contributed by atoms with Gasteiger partial charge >= 0.3 is 6.36 Å². The van der Waals surface area contributed by atoms with Gasteiger partial charge in [0.25, 0.3) is 5.91 Å². The number of alkyl halides is 3. The first-order valence-corrected chi connectivity index (χ1v) is 11.4. The van der Waals surface area contributed by atoms with E-state index in [1.807, 2.05) is 18.5 Å². The van der Waals surface area contributed by atoms with Gasteiger partial charge in [-0.25, -0.2) is 4.98 Å². The van der Waals surface area contributed by atoms with E-state index in [0.29, 0.717) is 35.2 Å². The molecule has 1 amide bonds. The number of carbonyl (C=O) groups excluding carboxylic acids is 1. The second kappa shape index (κ2) is 9.36. The molecule has 0 saturated heterocycles. The SMILES string of the molecule is Cc1cc(C(=O)NCC2CCC(c3nccs3)CC2)c(-c2ccc(OC(F)(F)F)cc2)[nH]1. The van der Waals surface area contributed by atoms with Crippen LogP contribution in [-0.4, -0.2) is 28.8 Å². The molecule has 5 nitrogen and oxygen atoms in total. The zero-order valence-electron chi connectivity index (χ0n) is 17.5. The number of aromatic amines is 1. The van der Waals surface area contributed by atoms with Gasteiger partial charge in [-0.1, -0.05) is 0 Å². The molecule has 0 spiro atoms. The van der Waals surface area contributed by atoms with Crippen molar-refractivity contribution in [2.24, 2.45) is 5.92 Å². The molecule has 2 aromatic heterocycles. The molecule has 1 aliphatic rings. The third-order valence-electron chi connectivity index (χ3n) is 5.77. The molecule has 4 rings (SSSR count). The zero-order chi connectivity index (χ0) is 22.7. The van der Waals surface area contributed by atoms with Gasteiger partial charge < -0.3 is 15.0 Å². The largest absolute Gasteiger partial charge is 0.573 e. The molecule has 1 fully saturated rings. The number of aryl methyl sites for hydroxylation is 1. The first-order chi connectivity index (χ1) is 15.3. The van der Waals surface area contributed by atoms with E-state index in [4.69, 9.17) is 0 Å². The molecule has 0 bridgehead atoms. The maximum Gasteiger partial charge on any atom is 0.573 e. The Morgan fingerprint density at radius 3 is 2.56 bits per heavy atom. The van der Waals surface area contributed by atoms with Gasteiger partial charge in [0, 0.05) is 29.7 Å². The van der Waals surface area contributed by atoms with Crippen molar-refractivity contribution in [1.82, 2.24) is 15.3 Å². The predicted molar refractivity (Wildman–Crippen MR) is 117 cm³/mol. The minimum atomic E-state index is -4.74. The number of rotatable bonds is 6. The van der Waals surface area contributed by atoms with Crippen LogP contribution in [0.2, 0.25) is 0 Å². The van der Waals surface area contributed by atoms with E-state index in [2.05, 4.69) is 20.0 Å². The van der Waals surface area contributed by atoms with Crippen LogP contribution in [0.4, 0.5) is 13.2 Å². The number of amides is 1. The van der Waals surface area contributed by atoms with Crippen molar-refractivity contribution in [3.8, 4) is 17.0 Å². The number of carbonyl (C=O) groups is 1. The Bertz CT molecular complexity index is 1040. The summed E-state index contributed by atoms with van der Waals surface area (Å²) in [5.41, 5.74) is 2.46. The number of hydrogen-bond acceptors (Lipinski definition) is 4. The summed E-state index contributed by atoms with van der Waals surface area (Å²) in [5.74, 6) is 0.452. The van der Waals surface area contributed by atoms with Crippen molar-refractivity contribution in [2.75, 3.05) is 6.54 Å². The number of ether oxygens (including phenoxy) is 1. The van der Waals surface area contributed by atoms with E-state index in [1.54, 1.807) is 17.4 Å². The van der Waals surface area contributed by atoms with Gasteiger partial charge in [-0.05, 0) is 74.4 Å². The van der Waals surface area contributed by atoms with E-state index in [9.17, 15) is 18.0 Å². The van der Waals surface area contributed by atoms with E-state index < -0.39 is 6.36 Å².